The minimum absolute atomic E-state index is 0.197. The summed E-state index contributed by atoms with van der Waals surface area (Å²) >= 11 is 5.84. The SMILES string of the molecule is O=C(NCc1ccc(Cl)cc1)[C@@H]1CCCN1C(=O)c1cccc(F)c1. The van der Waals surface area contributed by atoms with Crippen molar-refractivity contribution in [3.8, 4) is 0 Å². The van der Waals surface area contributed by atoms with Crippen molar-refractivity contribution >= 4 is 23.4 Å². The molecule has 6 heteroatoms. The summed E-state index contributed by atoms with van der Waals surface area (Å²) in [6, 6.07) is 12.2. The van der Waals surface area contributed by atoms with Crippen molar-refractivity contribution in [2.75, 3.05) is 6.54 Å². The van der Waals surface area contributed by atoms with Crippen LogP contribution in [0.25, 0.3) is 0 Å². The summed E-state index contributed by atoms with van der Waals surface area (Å²) in [5, 5.41) is 3.49. The quantitative estimate of drug-likeness (QED) is 0.908. The number of halogens is 2. The Morgan fingerprint density at radius 1 is 1.20 bits per heavy atom. The zero-order valence-electron chi connectivity index (χ0n) is 13.5. The van der Waals surface area contributed by atoms with Gasteiger partial charge in [-0.2, -0.15) is 0 Å². The summed E-state index contributed by atoms with van der Waals surface area (Å²) in [7, 11) is 0. The highest BCUT2D eigenvalue weighted by molar-refractivity contribution is 6.30. The Morgan fingerprint density at radius 2 is 1.96 bits per heavy atom. The molecule has 1 N–H and O–H groups in total. The molecule has 0 aromatic heterocycles. The second-order valence-corrected chi connectivity index (χ2v) is 6.45. The molecule has 1 saturated heterocycles. The number of nitrogens with zero attached hydrogens (tertiary/aromatic N) is 1. The van der Waals surface area contributed by atoms with Crippen molar-refractivity contribution in [2.24, 2.45) is 0 Å². The molecule has 0 aliphatic carbocycles. The van der Waals surface area contributed by atoms with Gasteiger partial charge in [0.1, 0.15) is 11.9 Å². The molecule has 25 heavy (non-hydrogen) atoms. The lowest BCUT2D eigenvalue weighted by atomic mass is 10.1. The number of carbonyl (C=O) groups is 2. The van der Waals surface area contributed by atoms with Gasteiger partial charge in [0.2, 0.25) is 5.91 Å². The fraction of sp³-hybridized carbons (Fsp3) is 0.263. The minimum atomic E-state index is -0.525. The normalized spacial score (nSPS) is 16.7. The standard InChI is InChI=1S/C19H18ClFN2O2/c20-15-8-6-13(7-9-15)12-22-18(24)17-5-2-10-23(17)19(25)14-3-1-4-16(21)11-14/h1,3-4,6-9,11,17H,2,5,10,12H2,(H,22,24)/t17-/m0/s1. The molecule has 2 amide bonds. The Hall–Kier alpha value is -2.40. The van der Waals surface area contributed by atoms with Gasteiger partial charge in [-0.25, -0.2) is 4.39 Å². The molecule has 1 aliphatic rings. The Bertz CT molecular complexity index is 779. The van der Waals surface area contributed by atoms with E-state index in [0.717, 1.165) is 12.0 Å². The van der Waals surface area contributed by atoms with E-state index in [4.69, 9.17) is 11.6 Å². The predicted molar refractivity (Wildman–Crippen MR) is 93.8 cm³/mol. The zero-order valence-corrected chi connectivity index (χ0v) is 14.3. The van der Waals surface area contributed by atoms with Crippen molar-refractivity contribution in [3.63, 3.8) is 0 Å². The Morgan fingerprint density at radius 3 is 2.68 bits per heavy atom. The molecule has 0 saturated carbocycles. The van der Waals surface area contributed by atoms with Crippen LogP contribution in [-0.4, -0.2) is 29.3 Å². The number of hydrogen-bond donors (Lipinski definition) is 1. The van der Waals surface area contributed by atoms with Crippen LogP contribution in [0.4, 0.5) is 4.39 Å². The summed E-state index contributed by atoms with van der Waals surface area (Å²) in [5.74, 6) is -0.977. The first-order valence-electron chi connectivity index (χ1n) is 8.13. The lowest BCUT2D eigenvalue weighted by Crippen LogP contribution is -2.45. The highest BCUT2D eigenvalue weighted by atomic mass is 35.5. The monoisotopic (exact) mass is 360 g/mol. The second-order valence-electron chi connectivity index (χ2n) is 6.01. The first kappa shape index (κ1) is 17.4. The van der Waals surface area contributed by atoms with Crippen LogP contribution in [0.2, 0.25) is 5.02 Å². The van der Waals surface area contributed by atoms with E-state index < -0.39 is 11.9 Å². The topological polar surface area (TPSA) is 49.4 Å². The highest BCUT2D eigenvalue weighted by Crippen LogP contribution is 2.21. The van der Waals surface area contributed by atoms with Crippen molar-refractivity contribution in [1.29, 1.82) is 0 Å². The largest absolute Gasteiger partial charge is 0.350 e. The molecule has 0 bridgehead atoms. The van der Waals surface area contributed by atoms with Crippen LogP contribution in [0.15, 0.2) is 48.5 Å². The van der Waals surface area contributed by atoms with Crippen LogP contribution in [0.1, 0.15) is 28.8 Å². The van der Waals surface area contributed by atoms with Gasteiger partial charge >= 0.3 is 0 Å². The Labute approximate surface area is 150 Å². The first-order chi connectivity index (χ1) is 12.0. The highest BCUT2D eigenvalue weighted by Gasteiger charge is 2.34. The van der Waals surface area contributed by atoms with E-state index in [-0.39, 0.29) is 17.4 Å². The molecule has 130 valence electrons. The molecule has 0 spiro atoms. The Kier molecular flexibility index (Phi) is 5.34. The molecule has 2 aromatic rings. The lowest BCUT2D eigenvalue weighted by molar-refractivity contribution is -0.125. The average Bonchev–Trinajstić information content (AvgIpc) is 3.10. The molecule has 1 heterocycles. The molecule has 0 radical (unpaired) electrons. The van der Waals surface area contributed by atoms with Gasteiger partial charge in [0, 0.05) is 23.7 Å². The van der Waals surface area contributed by atoms with Gasteiger partial charge in [0.05, 0.1) is 0 Å². The van der Waals surface area contributed by atoms with Crippen LogP contribution in [0.3, 0.4) is 0 Å². The average molecular weight is 361 g/mol. The number of nitrogens with one attached hydrogen (secondary N) is 1. The van der Waals surface area contributed by atoms with E-state index in [1.54, 1.807) is 18.2 Å². The summed E-state index contributed by atoms with van der Waals surface area (Å²) < 4.78 is 13.3. The van der Waals surface area contributed by atoms with Crippen molar-refractivity contribution in [1.82, 2.24) is 10.2 Å². The second kappa shape index (κ2) is 7.66. The molecule has 4 nitrogen and oxygen atoms in total. The molecule has 3 rings (SSSR count). The molecular weight excluding hydrogens is 343 g/mol. The van der Waals surface area contributed by atoms with E-state index >= 15 is 0 Å². The van der Waals surface area contributed by atoms with Gasteiger partial charge in [0.15, 0.2) is 0 Å². The van der Waals surface area contributed by atoms with Crippen LogP contribution in [-0.2, 0) is 11.3 Å². The van der Waals surface area contributed by atoms with E-state index in [9.17, 15) is 14.0 Å². The molecule has 1 aliphatic heterocycles. The third-order valence-corrected chi connectivity index (χ3v) is 4.52. The number of amides is 2. The summed E-state index contributed by atoms with van der Waals surface area (Å²) in [4.78, 5) is 26.6. The van der Waals surface area contributed by atoms with Gasteiger partial charge in [-0.05, 0) is 48.7 Å². The van der Waals surface area contributed by atoms with Gasteiger partial charge < -0.3 is 10.2 Å². The fourth-order valence-corrected chi connectivity index (χ4v) is 3.10. The third-order valence-electron chi connectivity index (χ3n) is 4.27. The van der Waals surface area contributed by atoms with Crippen molar-refractivity contribution < 1.29 is 14.0 Å². The van der Waals surface area contributed by atoms with Crippen LogP contribution in [0.5, 0.6) is 0 Å². The minimum Gasteiger partial charge on any atom is -0.350 e. The van der Waals surface area contributed by atoms with E-state index in [1.807, 2.05) is 12.1 Å². The Balaban J connectivity index is 1.65. The summed E-state index contributed by atoms with van der Waals surface area (Å²) in [6.07, 6.45) is 1.35. The molecule has 1 fully saturated rings. The number of likely N-dealkylation sites (tertiary alicyclic amines) is 1. The van der Waals surface area contributed by atoms with Gasteiger partial charge in [-0.15, -0.1) is 0 Å². The summed E-state index contributed by atoms with van der Waals surface area (Å²) in [6.45, 7) is 0.864. The van der Waals surface area contributed by atoms with Crippen LogP contribution >= 0.6 is 11.6 Å². The first-order valence-corrected chi connectivity index (χ1v) is 8.51. The molecule has 2 aromatic carbocycles. The van der Waals surface area contributed by atoms with E-state index in [2.05, 4.69) is 5.32 Å². The molecular formula is C19H18ClFN2O2. The fourth-order valence-electron chi connectivity index (χ4n) is 2.98. The summed E-state index contributed by atoms with van der Waals surface area (Å²) in [5.41, 5.74) is 1.19. The zero-order chi connectivity index (χ0) is 17.8. The van der Waals surface area contributed by atoms with Crippen molar-refractivity contribution in [2.45, 2.75) is 25.4 Å². The maximum atomic E-state index is 13.3. The number of benzene rings is 2. The van der Waals surface area contributed by atoms with E-state index in [0.29, 0.717) is 24.5 Å². The maximum Gasteiger partial charge on any atom is 0.254 e. The number of rotatable bonds is 4. The smallest absolute Gasteiger partial charge is 0.254 e. The van der Waals surface area contributed by atoms with Crippen molar-refractivity contribution in [3.05, 3.63) is 70.5 Å². The number of hydrogen-bond acceptors (Lipinski definition) is 2. The molecule has 0 unspecified atom stereocenters. The van der Waals surface area contributed by atoms with Gasteiger partial charge in [-0.1, -0.05) is 29.8 Å². The van der Waals surface area contributed by atoms with E-state index in [1.165, 1.54) is 23.1 Å². The molecule has 1 atom stereocenters. The van der Waals surface area contributed by atoms with Crippen LogP contribution < -0.4 is 5.32 Å². The maximum absolute atomic E-state index is 13.3. The number of carbonyl (C=O) groups excluding carboxylic acids is 2. The van der Waals surface area contributed by atoms with Gasteiger partial charge in [-0.3, -0.25) is 9.59 Å². The lowest BCUT2D eigenvalue weighted by Gasteiger charge is -2.24. The van der Waals surface area contributed by atoms with Gasteiger partial charge in [0.25, 0.3) is 5.91 Å². The third kappa shape index (κ3) is 4.17. The predicted octanol–water partition coefficient (Wildman–Crippen LogP) is 3.40. The van der Waals surface area contributed by atoms with Crippen LogP contribution in [0, 0.1) is 5.82 Å².